The van der Waals surface area contributed by atoms with Crippen LogP contribution in [0.25, 0.3) is 10.4 Å². The number of hydrogen-bond acceptors (Lipinski definition) is 5. The van der Waals surface area contributed by atoms with Crippen molar-refractivity contribution >= 4 is 45.6 Å². The molecule has 0 unspecified atom stereocenters. The van der Waals surface area contributed by atoms with Crippen LogP contribution in [0.2, 0.25) is 10.0 Å². The number of hydrogen-bond donors (Lipinski definition) is 1. The number of benzene rings is 1. The number of halogens is 2. The van der Waals surface area contributed by atoms with E-state index in [-0.39, 0.29) is 10.8 Å². The average molecular weight is 303 g/mol. The molecule has 0 aliphatic rings. The molecule has 0 spiro atoms. The van der Waals surface area contributed by atoms with Gasteiger partial charge in [-0.2, -0.15) is 0 Å². The number of methoxy groups -OCH3 is 1. The summed E-state index contributed by atoms with van der Waals surface area (Å²) >= 11 is 13.0. The fourth-order valence-corrected chi connectivity index (χ4v) is 2.79. The van der Waals surface area contributed by atoms with Crippen LogP contribution in [0.4, 0.5) is 5.13 Å². The van der Waals surface area contributed by atoms with Crippen molar-refractivity contribution < 1.29 is 9.53 Å². The highest BCUT2D eigenvalue weighted by Gasteiger charge is 2.19. The summed E-state index contributed by atoms with van der Waals surface area (Å²) in [5, 5.41) is 1.22. The molecule has 0 aliphatic heterocycles. The maximum Gasteiger partial charge on any atom is 0.358 e. The van der Waals surface area contributed by atoms with Crippen molar-refractivity contribution in [1.82, 2.24) is 4.98 Å². The molecular weight excluding hydrogens is 295 g/mol. The zero-order chi connectivity index (χ0) is 13.3. The van der Waals surface area contributed by atoms with Gasteiger partial charge in [-0.25, -0.2) is 9.78 Å². The number of anilines is 1. The molecule has 0 saturated heterocycles. The number of nitrogens with two attached hydrogens (primary N) is 1. The molecule has 1 heterocycles. The molecule has 2 rings (SSSR count). The average Bonchev–Trinajstić information content (AvgIpc) is 2.69. The Labute approximate surface area is 117 Å². The fraction of sp³-hybridized carbons (Fsp3) is 0.0909. The van der Waals surface area contributed by atoms with E-state index in [1.807, 2.05) is 0 Å². The summed E-state index contributed by atoms with van der Waals surface area (Å²) in [5.74, 6) is -0.547. The van der Waals surface area contributed by atoms with Crippen molar-refractivity contribution in [1.29, 1.82) is 0 Å². The number of esters is 1. The molecule has 0 radical (unpaired) electrons. The molecule has 4 nitrogen and oxygen atoms in total. The van der Waals surface area contributed by atoms with Gasteiger partial charge in [0.1, 0.15) is 0 Å². The van der Waals surface area contributed by atoms with E-state index in [4.69, 9.17) is 28.9 Å². The quantitative estimate of drug-likeness (QED) is 0.863. The summed E-state index contributed by atoms with van der Waals surface area (Å²) in [7, 11) is 1.28. The largest absolute Gasteiger partial charge is 0.464 e. The third kappa shape index (κ3) is 2.58. The van der Waals surface area contributed by atoms with Gasteiger partial charge in [0, 0.05) is 10.0 Å². The van der Waals surface area contributed by atoms with Crippen molar-refractivity contribution in [2.75, 3.05) is 12.8 Å². The molecule has 94 valence electrons. The standard InChI is InChI=1S/C11H8Cl2N2O2S/c1-17-10(16)8-9(18-11(14)15-8)5-2-6(12)4-7(13)3-5/h2-4H,1H3,(H2,14,15). The van der Waals surface area contributed by atoms with Crippen LogP contribution in [0.3, 0.4) is 0 Å². The summed E-state index contributed by atoms with van der Waals surface area (Å²) in [4.78, 5) is 16.1. The SMILES string of the molecule is COC(=O)c1nc(N)sc1-c1cc(Cl)cc(Cl)c1. The summed E-state index contributed by atoms with van der Waals surface area (Å²) in [6.45, 7) is 0. The van der Waals surface area contributed by atoms with Gasteiger partial charge in [0.2, 0.25) is 0 Å². The lowest BCUT2D eigenvalue weighted by molar-refractivity contribution is 0.0596. The highest BCUT2D eigenvalue weighted by molar-refractivity contribution is 7.19. The first-order valence-electron chi connectivity index (χ1n) is 4.82. The Morgan fingerprint density at radius 1 is 1.33 bits per heavy atom. The number of nitrogen functional groups attached to an aromatic ring is 1. The first kappa shape index (κ1) is 13.1. The molecule has 0 amide bonds. The molecule has 0 atom stereocenters. The third-order valence-corrected chi connectivity index (χ3v) is 3.52. The summed E-state index contributed by atoms with van der Waals surface area (Å²) in [6, 6.07) is 4.98. The zero-order valence-corrected chi connectivity index (χ0v) is 11.6. The second-order valence-electron chi connectivity index (χ2n) is 3.38. The number of rotatable bonds is 2. The Hall–Kier alpha value is -1.30. The molecule has 1 aromatic carbocycles. The van der Waals surface area contributed by atoms with E-state index in [2.05, 4.69) is 9.72 Å². The maximum absolute atomic E-state index is 11.6. The van der Waals surface area contributed by atoms with Crippen molar-refractivity contribution in [2.24, 2.45) is 0 Å². The van der Waals surface area contributed by atoms with Crippen LogP contribution in [-0.2, 0) is 4.74 Å². The minimum atomic E-state index is -0.547. The molecule has 2 aromatic rings. The Bertz CT molecular complexity index is 593. The van der Waals surface area contributed by atoms with Gasteiger partial charge in [0.15, 0.2) is 10.8 Å². The summed E-state index contributed by atoms with van der Waals surface area (Å²) in [6.07, 6.45) is 0. The number of carbonyl (C=O) groups excluding carboxylic acids is 1. The first-order chi connectivity index (χ1) is 8.51. The van der Waals surface area contributed by atoms with Crippen LogP contribution in [0.1, 0.15) is 10.5 Å². The van der Waals surface area contributed by atoms with Gasteiger partial charge in [0.25, 0.3) is 0 Å². The molecule has 0 saturated carbocycles. The zero-order valence-electron chi connectivity index (χ0n) is 9.24. The van der Waals surface area contributed by atoms with E-state index in [0.717, 1.165) is 0 Å². The van der Waals surface area contributed by atoms with Crippen molar-refractivity contribution in [3.05, 3.63) is 33.9 Å². The van der Waals surface area contributed by atoms with Crippen LogP contribution < -0.4 is 5.73 Å². The Balaban J connectivity index is 2.59. The summed E-state index contributed by atoms with van der Waals surface area (Å²) < 4.78 is 4.66. The van der Waals surface area contributed by atoms with E-state index in [0.29, 0.717) is 20.5 Å². The van der Waals surface area contributed by atoms with Crippen LogP contribution in [0, 0.1) is 0 Å². The first-order valence-corrected chi connectivity index (χ1v) is 6.39. The second kappa shape index (κ2) is 5.14. The third-order valence-electron chi connectivity index (χ3n) is 2.15. The lowest BCUT2D eigenvalue weighted by Crippen LogP contribution is -2.03. The highest BCUT2D eigenvalue weighted by Crippen LogP contribution is 2.35. The molecular formula is C11H8Cl2N2O2S. The van der Waals surface area contributed by atoms with Gasteiger partial charge in [-0.05, 0) is 23.8 Å². The van der Waals surface area contributed by atoms with Crippen LogP contribution in [0.15, 0.2) is 18.2 Å². The van der Waals surface area contributed by atoms with Gasteiger partial charge >= 0.3 is 5.97 Å². The predicted octanol–water partition coefficient (Wildman–Crippen LogP) is 3.49. The van der Waals surface area contributed by atoms with E-state index in [1.165, 1.54) is 18.4 Å². The fourth-order valence-electron chi connectivity index (χ4n) is 1.45. The van der Waals surface area contributed by atoms with Crippen molar-refractivity contribution in [3.63, 3.8) is 0 Å². The van der Waals surface area contributed by atoms with E-state index < -0.39 is 5.97 Å². The van der Waals surface area contributed by atoms with Gasteiger partial charge in [-0.15, -0.1) is 0 Å². The smallest absolute Gasteiger partial charge is 0.358 e. The molecule has 1 aromatic heterocycles. The second-order valence-corrected chi connectivity index (χ2v) is 5.28. The van der Waals surface area contributed by atoms with Crippen LogP contribution >= 0.6 is 34.5 Å². The number of aromatic nitrogens is 1. The van der Waals surface area contributed by atoms with Crippen LogP contribution in [0.5, 0.6) is 0 Å². The predicted molar refractivity (Wildman–Crippen MR) is 73.3 cm³/mol. The molecule has 18 heavy (non-hydrogen) atoms. The van der Waals surface area contributed by atoms with Gasteiger partial charge in [-0.3, -0.25) is 0 Å². The molecule has 0 aliphatic carbocycles. The number of thiazole rings is 1. The Kier molecular flexibility index (Phi) is 3.75. The van der Waals surface area contributed by atoms with Gasteiger partial charge in [-0.1, -0.05) is 34.5 Å². The Morgan fingerprint density at radius 3 is 2.50 bits per heavy atom. The van der Waals surface area contributed by atoms with E-state index in [9.17, 15) is 4.79 Å². The van der Waals surface area contributed by atoms with E-state index >= 15 is 0 Å². The highest BCUT2D eigenvalue weighted by atomic mass is 35.5. The number of nitrogens with zero attached hydrogens (tertiary/aromatic N) is 1. The van der Waals surface area contributed by atoms with Crippen molar-refractivity contribution in [3.8, 4) is 10.4 Å². The normalized spacial score (nSPS) is 10.4. The summed E-state index contributed by atoms with van der Waals surface area (Å²) in [5.41, 5.74) is 6.47. The van der Waals surface area contributed by atoms with Crippen LogP contribution in [-0.4, -0.2) is 18.1 Å². The molecule has 2 N–H and O–H groups in total. The number of carbonyl (C=O) groups is 1. The lowest BCUT2D eigenvalue weighted by Gasteiger charge is -2.02. The van der Waals surface area contributed by atoms with E-state index in [1.54, 1.807) is 18.2 Å². The monoisotopic (exact) mass is 302 g/mol. The maximum atomic E-state index is 11.6. The Morgan fingerprint density at radius 2 is 1.94 bits per heavy atom. The minimum absolute atomic E-state index is 0.165. The van der Waals surface area contributed by atoms with Gasteiger partial charge < -0.3 is 10.5 Å². The molecule has 7 heteroatoms. The number of ether oxygens (including phenoxy) is 1. The topological polar surface area (TPSA) is 65.2 Å². The van der Waals surface area contributed by atoms with Gasteiger partial charge in [0.05, 0.1) is 12.0 Å². The molecule has 0 bridgehead atoms. The lowest BCUT2D eigenvalue weighted by atomic mass is 10.1. The van der Waals surface area contributed by atoms with Crippen molar-refractivity contribution in [2.45, 2.75) is 0 Å². The minimum Gasteiger partial charge on any atom is -0.464 e. The molecule has 0 fully saturated rings.